The number of hydrogen-bond acceptors (Lipinski definition) is 4. The van der Waals surface area contributed by atoms with E-state index in [1.807, 2.05) is 0 Å². The van der Waals surface area contributed by atoms with Gasteiger partial charge >= 0.3 is 0 Å². The number of halogens is 2. The van der Waals surface area contributed by atoms with E-state index in [-0.39, 0.29) is 19.7 Å². The van der Waals surface area contributed by atoms with E-state index in [2.05, 4.69) is 5.32 Å². The van der Waals surface area contributed by atoms with Gasteiger partial charge in [0.1, 0.15) is 0 Å². The molecule has 0 heterocycles. The molecule has 0 unspecified atom stereocenters. The summed E-state index contributed by atoms with van der Waals surface area (Å²) >= 11 is 11.6. The van der Waals surface area contributed by atoms with Crippen molar-refractivity contribution in [3.8, 4) is 0 Å². The van der Waals surface area contributed by atoms with Crippen molar-refractivity contribution in [2.75, 3.05) is 38.4 Å². The molecule has 0 spiro atoms. The number of methoxy groups -OCH3 is 1. The molecular weight excluding hydrogens is 339 g/mol. The van der Waals surface area contributed by atoms with Crippen molar-refractivity contribution in [2.45, 2.75) is 0 Å². The van der Waals surface area contributed by atoms with Crippen LogP contribution in [0.15, 0.2) is 18.2 Å². The number of nitrogens with zero attached hydrogens (tertiary/aromatic N) is 1. The largest absolute Gasteiger partial charge is 0.383 e. The Hall–Kier alpha value is -0.860. The lowest BCUT2D eigenvalue weighted by Crippen LogP contribution is -2.39. The van der Waals surface area contributed by atoms with Crippen LogP contribution in [-0.4, -0.2) is 51.7 Å². The van der Waals surface area contributed by atoms with E-state index in [0.29, 0.717) is 15.7 Å². The van der Waals surface area contributed by atoms with E-state index in [1.54, 1.807) is 12.1 Å². The Labute approximate surface area is 134 Å². The average molecular weight is 355 g/mol. The first-order chi connectivity index (χ1) is 9.74. The number of rotatable bonds is 7. The summed E-state index contributed by atoms with van der Waals surface area (Å²) in [5.41, 5.74) is 0.439. The van der Waals surface area contributed by atoms with Gasteiger partial charge in [0.15, 0.2) is 0 Å². The molecule has 6 nitrogen and oxygen atoms in total. The molecule has 1 rings (SSSR count). The number of ether oxygens (including phenoxy) is 1. The molecule has 0 aliphatic carbocycles. The first kappa shape index (κ1) is 18.2. The van der Waals surface area contributed by atoms with Crippen molar-refractivity contribution < 1.29 is 17.9 Å². The van der Waals surface area contributed by atoms with Crippen molar-refractivity contribution in [2.24, 2.45) is 0 Å². The maximum absolute atomic E-state index is 11.9. The second-order valence-electron chi connectivity index (χ2n) is 4.27. The van der Waals surface area contributed by atoms with Crippen LogP contribution in [0.1, 0.15) is 0 Å². The molecule has 21 heavy (non-hydrogen) atoms. The molecule has 1 aromatic rings. The summed E-state index contributed by atoms with van der Waals surface area (Å²) in [7, 11) is -2.04. The van der Waals surface area contributed by atoms with E-state index >= 15 is 0 Å². The van der Waals surface area contributed by atoms with E-state index in [0.717, 1.165) is 10.6 Å². The smallest absolute Gasteiger partial charge is 0.239 e. The van der Waals surface area contributed by atoms with Crippen LogP contribution in [0.4, 0.5) is 5.69 Å². The van der Waals surface area contributed by atoms with Gasteiger partial charge in [-0.25, -0.2) is 8.42 Å². The van der Waals surface area contributed by atoms with Gasteiger partial charge in [0.2, 0.25) is 15.9 Å². The number of hydrogen-bond donors (Lipinski definition) is 1. The fourth-order valence-corrected chi connectivity index (χ4v) is 2.55. The normalized spacial score (nSPS) is 11.7. The van der Waals surface area contributed by atoms with E-state index in [1.165, 1.54) is 13.2 Å². The fraction of sp³-hybridized carbons (Fsp3) is 0.417. The predicted octanol–water partition coefficient (Wildman–Crippen LogP) is 1.84. The minimum atomic E-state index is -3.49. The molecule has 0 saturated heterocycles. The number of anilines is 1. The van der Waals surface area contributed by atoms with E-state index < -0.39 is 15.9 Å². The fourth-order valence-electron chi connectivity index (χ4n) is 1.49. The molecule has 0 aliphatic rings. The van der Waals surface area contributed by atoms with Gasteiger partial charge in [0, 0.05) is 19.3 Å². The quantitative estimate of drug-likeness (QED) is 0.810. The standard InChI is InChI=1S/C12H16Cl2N2O4S/c1-20-6-5-16(21(2,18)19)8-12(17)15-9-3-4-10(13)11(14)7-9/h3-4,7H,5-6,8H2,1-2H3,(H,15,17). The Morgan fingerprint density at radius 3 is 2.52 bits per heavy atom. The third-order valence-electron chi connectivity index (χ3n) is 2.54. The van der Waals surface area contributed by atoms with Gasteiger partial charge in [-0.3, -0.25) is 4.79 Å². The first-order valence-electron chi connectivity index (χ1n) is 5.93. The van der Waals surface area contributed by atoms with Crippen molar-refractivity contribution in [3.63, 3.8) is 0 Å². The minimum Gasteiger partial charge on any atom is -0.383 e. The first-order valence-corrected chi connectivity index (χ1v) is 8.53. The van der Waals surface area contributed by atoms with Gasteiger partial charge in [-0.05, 0) is 18.2 Å². The predicted molar refractivity (Wildman–Crippen MR) is 83.4 cm³/mol. The highest BCUT2D eigenvalue weighted by molar-refractivity contribution is 7.88. The second kappa shape index (κ2) is 7.95. The Morgan fingerprint density at radius 2 is 2.00 bits per heavy atom. The molecule has 0 aliphatic heterocycles. The van der Waals surface area contributed by atoms with Crippen LogP contribution in [-0.2, 0) is 19.6 Å². The second-order valence-corrected chi connectivity index (χ2v) is 7.06. The SMILES string of the molecule is COCCN(CC(=O)Nc1ccc(Cl)c(Cl)c1)S(C)(=O)=O. The minimum absolute atomic E-state index is 0.101. The zero-order valence-corrected chi connectivity index (χ0v) is 13.9. The van der Waals surface area contributed by atoms with E-state index in [9.17, 15) is 13.2 Å². The molecule has 1 aromatic carbocycles. The van der Waals surface area contributed by atoms with Crippen molar-refractivity contribution in [1.82, 2.24) is 4.31 Å². The molecule has 1 amide bonds. The zero-order valence-electron chi connectivity index (χ0n) is 11.6. The summed E-state index contributed by atoms with van der Waals surface area (Å²) in [6, 6.07) is 4.60. The van der Waals surface area contributed by atoms with Crippen molar-refractivity contribution >= 4 is 44.8 Å². The summed E-state index contributed by atoms with van der Waals surface area (Å²) in [4.78, 5) is 11.9. The van der Waals surface area contributed by atoms with Crippen molar-refractivity contribution in [3.05, 3.63) is 28.2 Å². The third kappa shape index (κ3) is 6.19. The van der Waals surface area contributed by atoms with Gasteiger partial charge in [0.25, 0.3) is 0 Å². The lowest BCUT2D eigenvalue weighted by molar-refractivity contribution is -0.116. The number of carbonyl (C=O) groups is 1. The maximum atomic E-state index is 11.9. The van der Waals surface area contributed by atoms with Gasteiger partial charge in [0.05, 0.1) is 29.5 Å². The van der Waals surface area contributed by atoms with Crippen LogP contribution in [0.2, 0.25) is 10.0 Å². The molecule has 1 N–H and O–H groups in total. The van der Waals surface area contributed by atoms with Gasteiger partial charge < -0.3 is 10.1 Å². The number of benzene rings is 1. The summed E-state index contributed by atoms with van der Waals surface area (Å²) < 4.78 is 29.0. The number of sulfonamides is 1. The molecular formula is C12H16Cl2N2O4S. The zero-order chi connectivity index (χ0) is 16.0. The molecule has 0 fully saturated rings. The number of carbonyl (C=O) groups excluding carboxylic acids is 1. The Bertz CT molecular complexity index is 607. The highest BCUT2D eigenvalue weighted by Crippen LogP contribution is 2.24. The van der Waals surface area contributed by atoms with Crippen LogP contribution >= 0.6 is 23.2 Å². The molecule has 118 valence electrons. The van der Waals surface area contributed by atoms with Crippen LogP contribution in [0.5, 0.6) is 0 Å². The van der Waals surface area contributed by atoms with Gasteiger partial charge in [-0.15, -0.1) is 0 Å². The summed E-state index contributed by atoms with van der Waals surface area (Å²) in [5, 5.41) is 3.23. The maximum Gasteiger partial charge on any atom is 0.239 e. The monoisotopic (exact) mass is 354 g/mol. The van der Waals surface area contributed by atoms with E-state index in [4.69, 9.17) is 27.9 Å². The summed E-state index contributed by atoms with van der Waals surface area (Å²) in [6.07, 6.45) is 1.04. The molecule has 0 bridgehead atoms. The van der Waals surface area contributed by atoms with Gasteiger partial charge in [-0.1, -0.05) is 23.2 Å². The molecule has 9 heteroatoms. The topological polar surface area (TPSA) is 75.7 Å². The molecule has 0 radical (unpaired) electrons. The van der Waals surface area contributed by atoms with Crippen LogP contribution < -0.4 is 5.32 Å². The third-order valence-corrected chi connectivity index (χ3v) is 4.53. The Balaban J connectivity index is 2.71. The Morgan fingerprint density at radius 1 is 1.33 bits per heavy atom. The highest BCUT2D eigenvalue weighted by atomic mass is 35.5. The van der Waals surface area contributed by atoms with Gasteiger partial charge in [-0.2, -0.15) is 4.31 Å². The summed E-state index contributed by atoms with van der Waals surface area (Å²) in [5.74, 6) is -0.477. The van der Waals surface area contributed by atoms with Crippen LogP contribution in [0.3, 0.4) is 0 Å². The lowest BCUT2D eigenvalue weighted by atomic mass is 10.3. The molecule has 0 saturated carbocycles. The lowest BCUT2D eigenvalue weighted by Gasteiger charge is -2.19. The van der Waals surface area contributed by atoms with Crippen LogP contribution in [0, 0.1) is 0 Å². The number of nitrogens with one attached hydrogen (secondary N) is 1. The van der Waals surface area contributed by atoms with Crippen molar-refractivity contribution in [1.29, 1.82) is 0 Å². The average Bonchev–Trinajstić information content (AvgIpc) is 2.37. The molecule has 0 atom stereocenters. The highest BCUT2D eigenvalue weighted by Gasteiger charge is 2.19. The van der Waals surface area contributed by atoms with Crippen LogP contribution in [0.25, 0.3) is 0 Å². The number of amides is 1. The Kier molecular flexibility index (Phi) is 6.89. The molecule has 0 aromatic heterocycles. The summed E-state index contributed by atoms with van der Waals surface area (Å²) in [6.45, 7) is -0.000308.